The Morgan fingerprint density at radius 3 is 2.68 bits per heavy atom. The first-order chi connectivity index (χ1) is 18.4. The molecular formula is C30H33FN4O3. The van der Waals surface area contributed by atoms with E-state index in [1.807, 2.05) is 45.1 Å². The Kier molecular flexibility index (Phi) is 8.63. The maximum absolute atomic E-state index is 14.2. The second-order valence-corrected chi connectivity index (χ2v) is 9.07. The number of halogens is 1. The van der Waals surface area contributed by atoms with Gasteiger partial charge in [0.05, 0.1) is 30.3 Å². The smallest absolute Gasteiger partial charge is 0.267 e. The first kappa shape index (κ1) is 27.1. The van der Waals surface area contributed by atoms with Crippen LogP contribution in [0, 0.1) is 0 Å². The zero-order valence-electron chi connectivity index (χ0n) is 22.0. The van der Waals surface area contributed by atoms with Crippen LogP contribution in [0.5, 0.6) is 0 Å². The van der Waals surface area contributed by atoms with Gasteiger partial charge in [0.1, 0.15) is 11.9 Å². The average molecular weight is 517 g/mol. The molecule has 0 spiro atoms. The molecular weight excluding hydrogens is 483 g/mol. The van der Waals surface area contributed by atoms with Gasteiger partial charge in [-0.3, -0.25) is 9.59 Å². The molecule has 1 aliphatic heterocycles. The molecule has 7 nitrogen and oxygen atoms in total. The Hall–Kier alpha value is -3.91. The minimum atomic E-state index is -1.23. The van der Waals surface area contributed by atoms with Crippen LogP contribution in [0.25, 0.3) is 23.5 Å². The number of carbonyl (C=O) groups excluding carboxylic acids is 1. The lowest BCUT2D eigenvalue weighted by Crippen LogP contribution is -2.30. The van der Waals surface area contributed by atoms with Gasteiger partial charge in [0.25, 0.3) is 11.5 Å². The maximum Gasteiger partial charge on any atom is 0.267 e. The van der Waals surface area contributed by atoms with Gasteiger partial charge in [-0.05, 0) is 72.0 Å². The van der Waals surface area contributed by atoms with Crippen molar-refractivity contribution in [1.82, 2.24) is 20.1 Å². The second kappa shape index (κ2) is 12.1. The van der Waals surface area contributed by atoms with Crippen LogP contribution >= 0.6 is 0 Å². The Labute approximate surface area is 221 Å². The second-order valence-electron chi connectivity index (χ2n) is 9.07. The normalized spacial score (nSPS) is 17.3. The first-order valence-corrected chi connectivity index (χ1v) is 13.0. The number of aromatic nitrogens is 3. The van der Waals surface area contributed by atoms with Gasteiger partial charge in [0.15, 0.2) is 0 Å². The van der Waals surface area contributed by atoms with E-state index >= 15 is 0 Å². The number of carbonyl (C=O) groups is 1. The van der Waals surface area contributed by atoms with Crippen LogP contribution in [0.3, 0.4) is 0 Å². The van der Waals surface area contributed by atoms with Gasteiger partial charge in [0.2, 0.25) is 0 Å². The van der Waals surface area contributed by atoms with Crippen LogP contribution in [0.1, 0.15) is 67.3 Å². The van der Waals surface area contributed by atoms with Crippen molar-refractivity contribution in [2.75, 3.05) is 13.2 Å². The fourth-order valence-corrected chi connectivity index (χ4v) is 4.19. The molecule has 1 saturated carbocycles. The number of rotatable bonds is 6. The third kappa shape index (κ3) is 6.14. The van der Waals surface area contributed by atoms with E-state index in [9.17, 15) is 14.0 Å². The predicted octanol–water partition coefficient (Wildman–Crippen LogP) is 3.77. The SMILES string of the molecule is C=C(/C=c1/nc(-c2ccc(=O)n(C3CC3)n2)cc/c1=C/C)CNC(=O)c1ccc2c(c1)C(F)COC2.CC. The Balaban J connectivity index is 0.00000164. The maximum atomic E-state index is 14.2. The van der Waals surface area contributed by atoms with Gasteiger partial charge in [-0.1, -0.05) is 38.6 Å². The molecule has 1 aliphatic carbocycles. The van der Waals surface area contributed by atoms with Crippen LogP contribution in [0.4, 0.5) is 4.39 Å². The molecule has 5 rings (SSSR count). The van der Waals surface area contributed by atoms with E-state index < -0.39 is 6.17 Å². The van der Waals surface area contributed by atoms with Gasteiger partial charge in [-0.25, -0.2) is 14.1 Å². The third-order valence-electron chi connectivity index (χ3n) is 6.33. The largest absolute Gasteiger partial charge is 0.373 e. The summed E-state index contributed by atoms with van der Waals surface area (Å²) in [5.41, 5.74) is 3.49. The quantitative estimate of drug-likeness (QED) is 0.539. The summed E-state index contributed by atoms with van der Waals surface area (Å²) in [6.07, 6.45) is 4.46. The van der Waals surface area contributed by atoms with Crippen molar-refractivity contribution >= 4 is 18.1 Å². The molecule has 1 N–H and O–H groups in total. The topological polar surface area (TPSA) is 86.1 Å². The fraction of sp³-hybridized carbons (Fsp3) is 0.333. The molecule has 2 aliphatic rings. The van der Waals surface area contributed by atoms with Crippen molar-refractivity contribution in [3.8, 4) is 11.4 Å². The van der Waals surface area contributed by atoms with Crippen molar-refractivity contribution in [1.29, 1.82) is 0 Å². The summed E-state index contributed by atoms with van der Waals surface area (Å²) in [5.74, 6) is -0.304. The molecule has 1 aromatic carbocycles. The molecule has 0 radical (unpaired) electrons. The number of amides is 1. The lowest BCUT2D eigenvalue weighted by Gasteiger charge is -2.20. The molecule has 0 bridgehead atoms. The van der Waals surface area contributed by atoms with Crippen LogP contribution in [-0.2, 0) is 11.3 Å². The van der Waals surface area contributed by atoms with Crippen molar-refractivity contribution < 1.29 is 13.9 Å². The van der Waals surface area contributed by atoms with E-state index in [4.69, 9.17) is 9.72 Å². The Morgan fingerprint density at radius 1 is 1.18 bits per heavy atom. The van der Waals surface area contributed by atoms with Crippen molar-refractivity contribution in [2.45, 2.75) is 52.4 Å². The molecule has 1 unspecified atom stereocenters. The highest BCUT2D eigenvalue weighted by Gasteiger charge is 2.26. The number of fused-ring (bicyclic) bond motifs is 1. The number of nitrogens with one attached hydrogen (secondary N) is 1. The molecule has 1 fully saturated rings. The predicted molar refractivity (Wildman–Crippen MR) is 147 cm³/mol. The lowest BCUT2D eigenvalue weighted by atomic mass is 9.99. The van der Waals surface area contributed by atoms with Crippen LogP contribution in [0.2, 0.25) is 0 Å². The summed E-state index contributed by atoms with van der Waals surface area (Å²) in [6, 6.07) is 12.2. The highest BCUT2D eigenvalue weighted by molar-refractivity contribution is 5.94. The van der Waals surface area contributed by atoms with E-state index in [2.05, 4.69) is 17.0 Å². The van der Waals surface area contributed by atoms with Crippen molar-refractivity contribution in [3.63, 3.8) is 0 Å². The fourth-order valence-electron chi connectivity index (χ4n) is 4.19. The Morgan fingerprint density at radius 2 is 1.95 bits per heavy atom. The molecule has 3 heterocycles. The van der Waals surface area contributed by atoms with E-state index in [1.165, 1.54) is 10.7 Å². The van der Waals surface area contributed by atoms with Gasteiger partial charge >= 0.3 is 0 Å². The number of nitrogens with zero attached hydrogens (tertiary/aromatic N) is 3. The minimum Gasteiger partial charge on any atom is -0.373 e. The van der Waals surface area contributed by atoms with Crippen molar-refractivity contribution in [2.24, 2.45) is 0 Å². The van der Waals surface area contributed by atoms with E-state index in [1.54, 1.807) is 24.3 Å². The van der Waals surface area contributed by atoms with Crippen LogP contribution in [-0.4, -0.2) is 33.8 Å². The number of hydrogen-bond donors (Lipinski definition) is 1. The number of alkyl halides is 1. The zero-order chi connectivity index (χ0) is 27.2. The lowest BCUT2D eigenvalue weighted by molar-refractivity contribution is 0.0512. The molecule has 198 valence electrons. The zero-order valence-corrected chi connectivity index (χ0v) is 22.0. The monoisotopic (exact) mass is 516 g/mol. The molecule has 1 atom stereocenters. The minimum absolute atomic E-state index is 0.00379. The molecule has 0 saturated heterocycles. The first-order valence-electron chi connectivity index (χ1n) is 13.0. The Bertz CT molecular complexity index is 1530. The number of ether oxygens (including phenoxy) is 1. The van der Waals surface area contributed by atoms with Crippen LogP contribution < -0.4 is 21.4 Å². The highest BCUT2D eigenvalue weighted by Crippen LogP contribution is 2.33. The highest BCUT2D eigenvalue weighted by atomic mass is 19.1. The van der Waals surface area contributed by atoms with Gasteiger partial charge < -0.3 is 10.1 Å². The summed E-state index contributed by atoms with van der Waals surface area (Å²) in [6.45, 7) is 10.6. The summed E-state index contributed by atoms with van der Waals surface area (Å²) in [7, 11) is 0. The number of hydrogen-bond acceptors (Lipinski definition) is 5. The molecule has 1 amide bonds. The molecule has 2 aromatic heterocycles. The summed E-state index contributed by atoms with van der Waals surface area (Å²) >= 11 is 0. The van der Waals surface area contributed by atoms with Crippen LogP contribution in [0.15, 0.2) is 59.4 Å². The summed E-state index contributed by atoms with van der Waals surface area (Å²) in [5, 5.41) is 8.96. The van der Waals surface area contributed by atoms with Gasteiger partial charge in [-0.15, -0.1) is 0 Å². The summed E-state index contributed by atoms with van der Waals surface area (Å²) < 4.78 is 20.9. The van der Waals surface area contributed by atoms with E-state index in [0.717, 1.165) is 23.6 Å². The van der Waals surface area contributed by atoms with Crippen molar-refractivity contribution in [3.05, 3.63) is 92.2 Å². The third-order valence-corrected chi connectivity index (χ3v) is 6.33. The average Bonchev–Trinajstić information content (AvgIpc) is 3.79. The summed E-state index contributed by atoms with van der Waals surface area (Å²) in [4.78, 5) is 29.6. The van der Waals surface area contributed by atoms with E-state index in [0.29, 0.717) is 40.0 Å². The van der Waals surface area contributed by atoms with Gasteiger partial charge in [-0.2, -0.15) is 5.10 Å². The van der Waals surface area contributed by atoms with Gasteiger partial charge in [0, 0.05) is 18.2 Å². The molecule has 8 heteroatoms. The van der Waals surface area contributed by atoms with E-state index in [-0.39, 0.29) is 30.7 Å². The standard InChI is InChI=1S/C28H27FN4O3.C2H6/c1-3-18-6-9-24(25-10-11-27(34)33(32-25)21-7-8-21)31-26(18)12-17(2)14-30-28(35)19-4-5-20-15-36-16-23(29)22(20)13-19;1-2/h3-6,9-13,21,23H,2,7-8,14-16H2,1H3,(H,30,35);1-2H3/b18-3-,26-12+;. The molecule has 38 heavy (non-hydrogen) atoms. The molecule has 3 aromatic rings. The number of benzene rings is 1. The number of pyridine rings is 1.